The molecular formula is C17H37NO. The van der Waals surface area contributed by atoms with Gasteiger partial charge in [0.1, 0.15) is 0 Å². The molecule has 0 aliphatic carbocycles. The molecule has 0 aromatic rings. The van der Waals surface area contributed by atoms with Crippen LogP contribution in [0.15, 0.2) is 0 Å². The average molecular weight is 271 g/mol. The minimum Gasteiger partial charge on any atom is -0.375 e. The van der Waals surface area contributed by atoms with Gasteiger partial charge in [0.25, 0.3) is 0 Å². The fourth-order valence-electron chi connectivity index (χ4n) is 2.51. The van der Waals surface area contributed by atoms with Gasteiger partial charge in [0.15, 0.2) is 0 Å². The third-order valence-corrected chi connectivity index (χ3v) is 3.89. The van der Waals surface area contributed by atoms with Crippen molar-refractivity contribution in [1.29, 1.82) is 0 Å². The number of hydrogen-bond donors (Lipinski definition) is 1. The Morgan fingerprint density at radius 2 is 1.42 bits per heavy atom. The summed E-state index contributed by atoms with van der Waals surface area (Å²) in [7, 11) is 2.01. The van der Waals surface area contributed by atoms with Gasteiger partial charge in [-0.05, 0) is 39.8 Å². The Bertz CT molecular complexity index is 170. The molecule has 1 unspecified atom stereocenters. The van der Waals surface area contributed by atoms with E-state index >= 15 is 0 Å². The fourth-order valence-corrected chi connectivity index (χ4v) is 2.51. The van der Waals surface area contributed by atoms with Crippen molar-refractivity contribution >= 4 is 0 Å². The van der Waals surface area contributed by atoms with E-state index in [9.17, 15) is 0 Å². The topological polar surface area (TPSA) is 21.3 Å². The first-order valence-corrected chi connectivity index (χ1v) is 8.47. The molecule has 0 heterocycles. The zero-order valence-electron chi connectivity index (χ0n) is 13.9. The lowest BCUT2D eigenvalue weighted by molar-refractivity contribution is -0.0473. The van der Waals surface area contributed by atoms with E-state index in [1.54, 1.807) is 0 Å². The molecule has 0 aliphatic rings. The minimum atomic E-state index is 0.122. The van der Waals surface area contributed by atoms with Crippen molar-refractivity contribution in [2.75, 3.05) is 20.2 Å². The van der Waals surface area contributed by atoms with Gasteiger partial charge in [-0.3, -0.25) is 0 Å². The number of nitrogens with one attached hydrogen (secondary N) is 1. The summed E-state index contributed by atoms with van der Waals surface area (Å²) in [5, 5.41) is 3.19. The lowest BCUT2D eigenvalue weighted by Crippen LogP contribution is -2.30. The second kappa shape index (κ2) is 12.9. The van der Waals surface area contributed by atoms with Crippen LogP contribution in [0.2, 0.25) is 0 Å². The Morgan fingerprint density at radius 3 is 2.00 bits per heavy atom. The summed E-state index contributed by atoms with van der Waals surface area (Å²) in [5.41, 5.74) is 0.122. The zero-order chi connectivity index (χ0) is 14.4. The molecule has 2 nitrogen and oxygen atoms in total. The summed E-state index contributed by atoms with van der Waals surface area (Å²) >= 11 is 0. The predicted octanol–water partition coefficient (Wildman–Crippen LogP) is 4.92. The Balaban J connectivity index is 3.96. The van der Waals surface area contributed by atoms with Gasteiger partial charge in [0.2, 0.25) is 0 Å². The highest BCUT2D eigenvalue weighted by atomic mass is 16.5. The number of hydrogen-bond acceptors (Lipinski definition) is 2. The SMILES string of the molecule is CCCCCCC(C)(CCCCC)OCCCNC. The third-order valence-electron chi connectivity index (χ3n) is 3.89. The van der Waals surface area contributed by atoms with Gasteiger partial charge >= 0.3 is 0 Å². The quantitative estimate of drug-likeness (QED) is 0.453. The smallest absolute Gasteiger partial charge is 0.0654 e. The molecule has 0 bridgehead atoms. The molecule has 0 saturated carbocycles. The normalized spacial score (nSPS) is 14.5. The van der Waals surface area contributed by atoms with Gasteiger partial charge < -0.3 is 10.1 Å². The maximum absolute atomic E-state index is 6.22. The van der Waals surface area contributed by atoms with Crippen LogP contribution in [0, 0.1) is 0 Å². The summed E-state index contributed by atoms with van der Waals surface area (Å²) < 4.78 is 6.22. The molecule has 0 aliphatic heterocycles. The minimum absolute atomic E-state index is 0.122. The van der Waals surface area contributed by atoms with Crippen LogP contribution in [-0.4, -0.2) is 25.8 Å². The molecule has 0 saturated heterocycles. The maximum Gasteiger partial charge on any atom is 0.0654 e. The largest absolute Gasteiger partial charge is 0.375 e. The van der Waals surface area contributed by atoms with E-state index in [0.717, 1.165) is 19.6 Å². The molecule has 116 valence electrons. The summed E-state index contributed by atoms with van der Waals surface area (Å²) in [5.74, 6) is 0. The summed E-state index contributed by atoms with van der Waals surface area (Å²) in [4.78, 5) is 0. The molecule has 1 N–H and O–H groups in total. The Morgan fingerprint density at radius 1 is 0.842 bits per heavy atom. The number of ether oxygens (including phenoxy) is 1. The van der Waals surface area contributed by atoms with E-state index in [2.05, 4.69) is 26.1 Å². The first kappa shape index (κ1) is 18.9. The molecule has 1 atom stereocenters. The van der Waals surface area contributed by atoms with Gasteiger partial charge in [-0.15, -0.1) is 0 Å². The average Bonchev–Trinajstić information content (AvgIpc) is 2.41. The van der Waals surface area contributed by atoms with Gasteiger partial charge in [-0.25, -0.2) is 0 Å². The standard InChI is InChI=1S/C17H37NO/c1-5-7-9-11-14-17(3,13-10-8-6-2)19-16-12-15-18-4/h18H,5-16H2,1-4H3. The Labute approximate surface area is 121 Å². The van der Waals surface area contributed by atoms with Crippen molar-refractivity contribution in [2.24, 2.45) is 0 Å². The second-order valence-electron chi connectivity index (χ2n) is 6.02. The molecule has 0 fully saturated rings. The third kappa shape index (κ3) is 11.4. The predicted molar refractivity (Wildman–Crippen MR) is 85.8 cm³/mol. The molecule has 0 rings (SSSR count). The van der Waals surface area contributed by atoms with Gasteiger partial charge in [-0.1, -0.05) is 58.8 Å². The van der Waals surface area contributed by atoms with Crippen LogP contribution in [0.3, 0.4) is 0 Å². The monoisotopic (exact) mass is 271 g/mol. The molecule has 0 aromatic carbocycles. The molecular weight excluding hydrogens is 234 g/mol. The summed E-state index contributed by atoms with van der Waals surface area (Å²) in [6.45, 7) is 8.83. The molecule has 19 heavy (non-hydrogen) atoms. The molecule has 0 aromatic heterocycles. The van der Waals surface area contributed by atoms with Crippen molar-refractivity contribution in [1.82, 2.24) is 5.32 Å². The highest BCUT2D eigenvalue weighted by Gasteiger charge is 2.23. The lowest BCUT2D eigenvalue weighted by atomic mass is 9.91. The van der Waals surface area contributed by atoms with Crippen molar-refractivity contribution < 1.29 is 4.74 Å². The van der Waals surface area contributed by atoms with Crippen molar-refractivity contribution in [2.45, 2.75) is 90.6 Å². The molecule has 0 spiro atoms. The molecule has 2 heteroatoms. The van der Waals surface area contributed by atoms with Gasteiger partial charge in [0, 0.05) is 6.61 Å². The van der Waals surface area contributed by atoms with Crippen LogP contribution in [0.25, 0.3) is 0 Å². The van der Waals surface area contributed by atoms with Gasteiger partial charge in [0.05, 0.1) is 5.60 Å². The van der Waals surface area contributed by atoms with Crippen molar-refractivity contribution in [3.63, 3.8) is 0 Å². The van der Waals surface area contributed by atoms with Crippen LogP contribution < -0.4 is 5.32 Å². The van der Waals surface area contributed by atoms with E-state index in [-0.39, 0.29) is 5.60 Å². The highest BCUT2D eigenvalue weighted by molar-refractivity contribution is 4.75. The Hall–Kier alpha value is -0.0800. The first-order valence-electron chi connectivity index (χ1n) is 8.47. The van der Waals surface area contributed by atoms with E-state index < -0.39 is 0 Å². The summed E-state index contributed by atoms with van der Waals surface area (Å²) in [6.07, 6.45) is 12.9. The van der Waals surface area contributed by atoms with Gasteiger partial charge in [-0.2, -0.15) is 0 Å². The highest BCUT2D eigenvalue weighted by Crippen LogP contribution is 2.26. The Kier molecular flexibility index (Phi) is 12.9. The van der Waals surface area contributed by atoms with E-state index in [0.29, 0.717) is 0 Å². The second-order valence-corrected chi connectivity index (χ2v) is 6.02. The number of rotatable bonds is 14. The van der Waals surface area contributed by atoms with Crippen LogP contribution >= 0.6 is 0 Å². The first-order chi connectivity index (χ1) is 9.18. The van der Waals surface area contributed by atoms with Crippen LogP contribution in [0.4, 0.5) is 0 Å². The van der Waals surface area contributed by atoms with Crippen molar-refractivity contribution in [3.05, 3.63) is 0 Å². The maximum atomic E-state index is 6.22. The van der Waals surface area contributed by atoms with E-state index in [4.69, 9.17) is 4.74 Å². The summed E-state index contributed by atoms with van der Waals surface area (Å²) in [6, 6.07) is 0. The fraction of sp³-hybridized carbons (Fsp3) is 1.00. The molecule has 0 amide bonds. The van der Waals surface area contributed by atoms with Crippen LogP contribution in [0.1, 0.15) is 85.0 Å². The number of unbranched alkanes of at least 4 members (excludes halogenated alkanes) is 5. The molecule has 0 radical (unpaired) electrons. The zero-order valence-corrected chi connectivity index (χ0v) is 13.9. The van der Waals surface area contributed by atoms with Crippen molar-refractivity contribution in [3.8, 4) is 0 Å². The van der Waals surface area contributed by atoms with Crippen LogP contribution in [0.5, 0.6) is 0 Å². The lowest BCUT2D eigenvalue weighted by Gasteiger charge is -2.30. The van der Waals surface area contributed by atoms with E-state index in [1.807, 2.05) is 7.05 Å². The van der Waals surface area contributed by atoms with E-state index in [1.165, 1.54) is 57.8 Å². The van der Waals surface area contributed by atoms with Crippen LogP contribution in [-0.2, 0) is 4.74 Å².